The molecule has 0 spiro atoms. The fourth-order valence-corrected chi connectivity index (χ4v) is 3.91. The van der Waals surface area contributed by atoms with Gasteiger partial charge in [0.25, 0.3) is 5.91 Å². The molecule has 0 radical (unpaired) electrons. The van der Waals surface area contributed by atoms with Gasteiger partial charge in [-0.05, 0) is 32.4 Å². The lowest BCUT2D eigenvalue weighted by molar-refractivity contribution is -0.0386. The molecule has 1 amide bonds. The van der Waals surface area contributed by atoms with Crippen LogP contribution in [-0.4, -0.2) is 42.7 Å². The fourth-order valence-electron chi connectivity index (χ4n) is 2.85. The summed E-state index contributed by atoms with van der Waals surface area (Å²) in [6.07, 6.45) is 0.0641. The van der Waals surface area contributed by atoms with E-state index in [4.69, 9.17) is 9.47 Å². The van der Waals surface area contributed by atoms with Crippen LogP contribution in [0.2, 0.25) is 0 Å². The lowest BCUT2D eigenvalue weighted by Gasteiger charge is -2.36. The lowest BCUT2D eigenvalue weighted by atomic mass is 10.2. The van der Waals surface area contributed by atoms with E-state index in [-0.39, 0.29) is 18.1 Å². The Kier molecular flexibility index (Phi) is 5.21. The third-order valence-corrected chi connectivity index (χ3v) is 5.27. The van der Waals surface area contributed by atoms with Crippen molar-refractivity contribution in [2.24, 2.45) is 0 Å². The predicted octanol–water partition coefficient (Wildman–Crippen LogP) is 4.06. The van der Waals surface area contributed by atoms with Crippen molar-refractivity contribution in [3.05, 3.63) is 41.3 Å². The molecule has 1 aromatic carbocycles. The van der Waals surface area contributed by atoms with E-state index in [1.807, 2.05) is 49.9 Å². The molecular formula is C19H23NO3S. The summed E-state index contributed by atoms with van der Waals surface area (Å²) in [6.45, 7) is 7.70. The molecule has 1 fully saturated rings. The quantitative estimate of drug-likeness (QED) is 0.839. The van der Waals surface area contributed by atoms with Crippen molar-refractivity contribution >= 4 is 17.2 Å². The van der Waals surface area contributed by atoms with Gasteiger partial charge in [-0.2, -0.15) is 0 Å². The normalized spacial score (nSPS) is 20.9. The van der Waals surface area contributed by atoms with Crippen molar-refractivity contribution in [2.45, 2.75) is 32.9 Å². The van der Waals surface area contributed by atoms with Crippen molar-refractivity contribution in [3.63, 3.8) is 0 Å². The number of ether oxygens (including phenoxy) is 2. The largest absolute Gasteiger partial charge is 0.492 e. The van der Waals surface area contributed by atoms with Crippen LogP contribution in [0, 0.1) is 0 Å². The molecule has 24 heavy (non-hydrogen) atoms. The number of benzene rings is 1. The smallest absolute Gasteiger partial charge is 0.268 e. The van der Waals surface area contributed by atoms with Crippen LogP contribution in [-0.2, 0) is 4.74 Å². The van der Waals surface area contributed by atoms with E-state index in [1.54, 1.807) is 0 Å². The molecule has 1 aromatic heterocycles. The third-order valence-electron chi connectivity index (χ3n) is 4.12. The van der Waals surface area contributed by atoms with Gasteiger partial charge < -0.3 is 14.4 Å². The topological polar surface area (TPSA) is 38.8 Å². The summed E-state index contributed by atoms with van der Waals surface area (Å²) in [5, 5.41) is 0. The molecule has 0 N–H and O–H groups in total. The van der Waals surface area contributed by atoms with Crippen molar-refractivity contribution in [3.8, 4) is 16.2 Å². The molecule has 128 valence electrons. The van der Waals surface area contributed by atoms with Gasteiger partial charge in [0.05, 0.1) is 25.4 Å². The van der Waals surface area contributed by atoms with Gasteiger partial charge >= 0.3 is 0 Å². The maximum atomic E-state index is 13.1. The Labute approximate surface area is 147 Å². The van der Waals surface area contributed by atoms with Gasteiger partial charge in [-0.25, -0.2) is 0 Å². The van der Waals surface area contributed by atoms with Crippen LogP contribution < -0.4 is 4.74 Å². The molecule has 2 aromatic rings. The maximum Gasteiger partial charge on any atom is 0.268 e. The molecule has 2 unspecified atom stereocenters. The summed E-state index contributed by atoms with van der Waals surface area (Å²) >= 11 is 1.50. The number of hydrogen-bond acceptors (Lipinski definition) is 4. The average Bonchev–Trinajstić information content (AvgIpc) is 3.01. The van der Waals surface area contributed by atoms with Crippen molar-refractivity contribution in [1.82, 2.24) is 4.90 Å². The first-order valence-electron chi connectivity index (χ1n) is 8.34. The summed E-state index contributed by atoms with van der Waals surface area (Å²) in [5.41, 5.74) is 1.10. The van der Waals surface area contributed by atoms with Crippen LogP contribution >= 0.6 is 11.3 Å². The van der Waals surface area contributed by atoms with Crippen molar-refractivity contribution in [1.29, 1.82) is 0 Å². The van der Waals surface area contributed by atoms with Crippen LogP contribution in [0.3, 0.4) is 0 Å². The number of carbonyl (C=O) groups excluding carboxylic acids is 1. The van der Waals surface area contributed by atoms with Crippen LogP contribution in [0.25, 0.3) is 10.4 Å². The highest BCUT2D eigenvalue weighted by atomic mass is 32.1. The Balaban J connectivity index is 1.93. The zero-order valence-electron chi connectivity index (χ0n) is 14.3. The first-order chi connectivity index (χ1) is 11.6. The lowest BCUT2D eigenvalue weighted by Crippen LogP contribution is -2.50. The first kappa shape index (κ1) is 17.0. The molecule has 2 heterocycles. The van der Waals surface area contributed by atoms with E-state index >= 15 is 0 Å². The van der Waals surface area contributed by atoms with Gasteiger partial charge in [-0.1, -0.05) is 30.3 Å². The van der Waals surface area contributed by atoms with Gasteiger partial charge in [0, 0.05) is 11.4 Å². The molecule has 1 aliphatic heterocycles. The Hall–Kier alpha value is -1.85. The Morgan fingerprint density at radius 1 is 1.33 bits per heavy atom. The van der Waals surface area contributed by atoms with Gasteiger partial charge in [0.1, 0.15) is 10.6 Å². The number of amides is 1. The Morgan fingerprint density at radius 3 is 2.79 bits per heavy atom. The SMILES string of the molecule is CCOc1cc(-c2ccccc2)sc1C(=O)N1CC(C)OCC1C. The monoisotopic (exact) mass is 345 g/mol. The van der Waals surface area contributed by atoms with Gasteiger partial charge in [-0.3, -0.25) is 4.79 Å². The van der Waals surface area contributed by atoms with E-state index in [0.717, 1.165) is 10.4 Å². The van der Waals surface area contributed by atoms with Gasteiger partial charge in [0.2, 0.25) is 0 Å². The van der Waals surface area contributed by atoms with E-state index in [9.17, 15) is 4.79 Å². The summed E-state index contributed by atoms with van der Waals surface area (Å²) in [4.78, 5) is 16.7. The highest BCUT2D eigenvalue weighted by molar-refractivity contribution is 7.17. The highest BCUT2D eigenvalue weighted by Gasteiger charge is 2.31. The van der Waals surface area contributed by atoms with Gasteiger partial charge in [-0.15, -0.1) is 11.3 Å². The molecule has 0 bridgehead atoms. The van der Waals surface area contributed by atoms with Crippen LogP contribution in [0.15, 0.2) is 36.4 Å². The zero-order chi connectivity index (χ0) is 17.1. The number of morpholine rings is 1. The number of carbonyl (C=O) groups is 1. The molecule has 5 heteroatoms. The Morgan fingerprint density at radius 2 is 2.08 bits per heavy atom. The average molecular weight is 345 g/mol. The van der Waals surface area contributed by atoms with Crippen molar-refractivity contribution < 1.29 is 14.3 Å². The zero-order valence-corrected chi connectivity index (χ0v) is 15.1. The van der Waals surface area contributed by atoms with Gasteiger partial charge in [0.15, 0.2) is 0 Å². The minimum atomic E-state index is 0.0354. The molecule has 1 saturated heterocycles. The number of thiophene rings is 1. The Bertz CT molecular complexity index is 698. The summed E-state index contributed by atoms with van der Waals surface area (Å²) in [5.74, 6) is 0.714. The molecule has 3 rings (SSSR count). The van der Waals surface area contributed by atoms with Crippen LogP contribution in [0.4, 0.5) is 0 Å². The number of nitrogens with zero attached hydrogens (tertiary/aromatic N) is 1. The van der Waals surface area contributed by atoms with E-state index in [0.29, 0.717) is 30.4 Å². The first-order valence-corrected chi connectivity index (χ1v) is 9.16. The second-order valence-electron chi connectivity index (χ2n) is 6.05. The van der Waals surface area contributed by atoms with E-state index in [2.05, 4.69) is 12.1 Å². The van der Waals surface area contributed by atoms with Crippen LogP contribution in [0.5, 0.6) is 5.75 Å². The predicted molar refractivity (Wildman–Crippen MR) is 96.8 cm³/mol. The minimum Gasteiger partial charge on any atom is -0.492 e. The maximum absolute atomic E-state index is 13.1. The molecule has 4 nitrogen and oxygen atoms in total. The second-order valence-corrected chi connectivity index (χ2v) is 7.11. The van der Waals surface area contributed by atoms with Crippen LogP contribution in [0.1, 0.15) is 30.4 Å². The third kappa shape index (κ3) is 3.47. The molecule has 1 aliphatic rings. The summed E-state index contributed by atoms with van der Waals surface area (Å²) in [6, 6.07) is 12.1. The standard InChI is InChI=1S/C19H23NO3S/c1-4-22-16-10-17(15-8-6-5-7-9-15)24-18(16)19(21)20-11-14(3)23-12-13(20)2/h5-10,13-14H,4,11-12H2,1-3H3. The highest BCUT2D eigenvalue weighted by Crippen LogP contribution is 2.37. The fraction of sp³-hybridized carbons (Fsp3) is 0.421. The van der Waals surface area contributed by atoms with E-state index in [1.165, 1.54) is 11.3 Å². The summed E-state index contributed by atoms with van der Waals surface area (Å²) in [7, 11) is 0. The molecular weight excluding hydrogens is 322 g/mol. The molecule has 0 saturated carbocycles. The second kappa shape index (κ2) is 7.36. The minimum absolute atomic E-state index is 0.0354. The van der Waals surface area contributed by atoms with Crippen molar-refractivity contribution in [2.75, 3.05) is 19.8 Å². The number of hydrogen-bond donors (Lipinski definition) is 0. The molecule has 2 atom stereocenters. The summed E-state index contributed by atoms with van der Waals surface area (Å²) < 4.78 is 11.4. The van der Waals surface area contributed by atoms with E-state index < -0.39 is 0 Å². The molecule has 0 aliphatic carbocycles. The number of rotatable bonds is 4.